The molecular formula is C19H21N7O. The van der Waals surface area contributed by atoms with Crippen molar-refractivity contribution in [1.82, 2.24) is 29.5 Å². The Morgan fingerprint density at radius 2 is 2.04 bits per heavy atom. The second-order valence-corrected chi connectivity index (χ2v) is 6.20. The lowest BCUT2D eigenvalue weighted by atomic mass is 10.3. The van der Waals surface area contributed by atoms with Crippen molar-refractivity contribution in [2.24, 2.45) is 7.05 Å². The average Bonchev–Trinajstić information content (AvgIpc) is 3.33. The number of benzene rings is 1. The van der Waals surface area contributed by atoms with E-state index in [1.807, 2.05) is 55.3 Å². The summed E-state index contributed by atoms with van der Waals surface area (Å²) in [6, 6.07) is 7.79. The van der Waals surface area contributed by atoms with Crippen LogP contribution >= 0.6 is 0 Å². The van der Waals surface area contributed by atoms with Gasteiger partial charge in [-0.2, -0.15) is 10.2 Å². The van der Waals surface area contributed by atoms with Crippen molar-refractivity contribution >= 4 is 16.9 Å². The minimum Gasteiger partial charge on any atom is -0.497 e. The van der Waals surface area contributed by atoms with Gasteiger partial charge in [0.2, 0.25) is 0 Å². The quantitative estimate of drug-likeness (QED) is 0.567. The molecule has 0 amide bonds. The van der Waals surface area contributed by atoms with Crippen molar-refractivity contribution in [3.63, 3.8) is 0 Å². The Kier molecular flexibility index (Phi) is 4.45. The first kappa shape index (κ1) is 17.0. The molecule has 0 bridgehead atoms. The number of nitrogens with one attached hydrogen (secondary N) is 1. The van der Waals surface area contributed by atoms with Crippen LogP contribution in [0.4, 0.5) is 5.82 Å². The minimum atomic E-state index is 0.605. The first-order valence-corrected chi connectivity index (χ1v) is 8.78. The van der Waals surface area contributed by atoms with Crippen LogP contribution in [0.1, 0.15) is 18.3 Å². The molecule has 0 aliphatic carbocycles. The highest BCUT2D eigenvalue weighted by Crippen LogP contribution is 2.21. The maximum absolute atomic E-state index is 5.28. The van der Waals surface area contributed by atoms with E-state index in [0.29, 0.717) is 6.54 Å². The van der Waals surface area contributed by atoms with E-state index in [1.54, 1.807) is 18.0 Å². The van der Waals surface area contributed by atoms with Crippen LogP contribution in [-0.4, -0.2) is 36.6 Å². The van der Waals surface area contributed by atoms with Crippen LogP contribution < -0.4 is 10.1 Å². The molecule has 8 nitrogen and oxygen atoms in total. The minimum absolute atomic E-state index is 0.605. The number of aromatic nitrogens is 6. The molecule has 0 atom stereocenters. The smallest absolute Gasteiger partial charge is 0.163 e. The van der Waals surface area contributed by atoms with Crippen molar-refractivity contribution in [1.29, 1.82) is 0 Å². The predicted molar refractivity (Wildman–Crippen MR) is 103 cm³/mol. The Hall–Kier alpha value is -3.42. The SMILES string of the molecule is CCc1nc(NCc2cnn(-c3cccc(OC)c3)c2)c2cnn(C)c2n1. The highest BCUT2D eigenvalue weighted by atomic mass is 16.5. The van der Waals surface area contributed by atoms with Gasteiger partial charge in [-0.1, -0.05) is 13.0 Å². The zero-order valence-electron chi connectivity index (χ0n) is 15.5. The molecule has 0 fully saturated rings. The van der Waals surface area contributed by atoms with E-state index in [4.69, 9.17) is 4.74 Å². The number of anilines is 1. The Labute approximate surface area is 156 Å². The molecule has 8 heteroatoms. The lowest BCUT2D eigenvalue weighted by Gasteiger charge is -2.07. The zero-order valence-corrected chi connectivity index (χ0v) is 15.5. The summed E-state index contributed by atoms with van der Waals surface area (Å²) in [6.45, 7) is 2.65. The third kappa shape index (κ3) is 3.33. The number of fused-ring (bicyclic) bond motifs is 1. The van der Waals surface area contributed by atoms with Crippen molar-refractivity contribution < 1.29 is 4.74 Å². The third-order valence-electron chi connectivity index (χ3n) is 4.37. The molecule has 0 unspecified atom stereocenters. The lowest BCUT2D eigenvalue weighted by molar-refractivity contribution is 0.414. The van der Waals surface area contributed by atoms with E-state index < -0.39 is 0 Å². The van der Waals surface area contributed by atoms with E-state index in [1.165, 1.54) is 0 Å². The van der Waals surface area contributed by atoms with Crippen molar-refractivity contribution in [2.45, 2.75) is 19.9 Å². The second-order valence-electron chi connectivity index (χ2n) is 6.20. The van der Waals surface area contributed by atoms with Crippen LogP contribution in [0.25, 0.3) is 16.7 Å². The fourth-order valence-electron chi connectivity index (χ4n) is 2.89. The normalized spacial score (nSPS) is 11.1. The maximum atomic E-state index is 5.28. The molecule has 0 aliphatic heterocycles. The van der Waals surface area contributed by atoms with Crippen LogP contribution in [0.2, 0.25) is 0 Å². The van der Waals surface area contributed by atoms with E-state index in [0.717, 1.165) is 46.1 Å². The summed E-state index contributed by atoms with van der Waals surface area (Å²) in [4.78, 5) is 9.17. The van der Waals surface area contributed by atoms with Gasteiger partial charge in [-0.05, 0) is 12.1 Å². The van der Waals surface area contributed by atoms with Crippen molar-refractivity contribution in [3.8, 4) is 11.4 Å². The van der Waals surface area contributed by atoms with E-state index in [-0.39, 0.29) is 0 Å². The first-order valence-electron chi connectivity index (χ1n) is 8.78. The number of nitrogens with zero attached hydrogens (tertiary/aromatic N) is 6. The first-order chi connectivity index (χ1) is 13.2. The number of ether oxygens (including phenoxy) is 1. The number of methoxy groups -OCH3 is 1. The Bertz CT molecular complexity index is 1080. The van der Waals surface area contributed by atoms with Gasteiger partial charge in [-0.3, -0.25) is 4.68 Å². The summed E-state index contributed by atoms with van der Waals surface area (Å²) in [5.74, 6) is 2.38. The fraction of sp³-hybridized carbons (Fsp3) is 0.263. The zero-order chi connectivity index (χ0) is 18.8. The van der Waals surface area contributed by atoms with Crippen LogP contribution in [0.5, 0.6) is 5.75 Å². The average molecular weight is 363 g/mol. The van der Waals surface area contributed by atoms with Crippen LogP contribution in [-0.2, 0) is 20.0 Å². The van der Waals surface area contributed by atoms with E-state index in [2.05, 4.69) is 25.5 Å². The molecule has 0 saturated heterocycles. The van der Waals surface area contributed by atoms with Crippen LogP contribution in [0.3, 0.4) is 0 Å². The third-order valence-corrected chi connectivity index (χ3v) is 4.37. The predicted octanol–water partition coefficient (Wildman–Crippen LogP) is 2.73. The molecule has 138 valence electrons. The topological polar surface area (TPSA) is 82.7 Å². The molecule has 4 rings (SSSR count). The summed E-state index contributed by atoms with van der Waals surface area (Å²) in [7, 11) is 3.54. The van der Waals surface area contributed by atoms with Gasteiger partial charge in [0.1, 0.15) is 17.4 Å². The molecular weight excluding hydrogens is 342 g/mol. The summed E-state index contributed by atoms with van der Waals surface area (Å²) in [6.07, 6.45) is 6.39. The van der Waals surface area contributed by atoms with Gasteiger partial charge >= 0.3 is 0 Å². The lowest BCUT2D eigenvalue weighted by Crippen LogP contribution is -2.05. The second kappa shape index (κ2) is 7.06. The fourth-order valence-corrected chi connectivity index (χ4v) is 2.89. The number of rotatable bonds is 6. The molecule has 0 saturated carbocycles. The molecule has 1 N–H and O–H groups in total. The maximum Gasteiger partial charge on any atom is 0.163 e. The number of hydrogen-bond acceptors (Lipinski definition) is 6. The Morgan fingerprint density at radius 1 is 1.15 bits per heavy atom. The molecule has 0 radical (unpaired) electrons. The van der Waals surface area contributed by atoms with Crippen molar-refractivity contribution in [3.05, 3.63) is 54.2 Å². The Balaban J connectivity index is 1.56. The molecule has 0 aliphatic rings. The summed E-state index contributed by atoms with van der Waals surface area (Å²) in [5.41, 5.74) is 2.83. The van der Waals surface area contributed by atoms with Gasteiger partial charge in [0.05, 0.1) is 30.6 Å². The highest BCUT2D eigenvalue weighted by molar-refractivity contribution is 5.86. The van der Waals surface area contributed by atoms with E-state index in [9.17, 15) is 0 Å². The van der Waals surface area contributed by atoms with Crippen molar-refractivity contribution in [2.75, 3.05) is 12.4 Å². The molecule has 3 heterocycles. The van der Waals surface area contributed by atoms with Gasteiger partial charge < -0.3 is 10.1 Å². The van der Waals surface area contributed by atoms with Gasteiger partial charge in [0, 0.05) is 37.8 Å². The van der Waals surface area contributed by atoms with Gasteiger partial charge in [0.25, 0.3) is 0 Å². The monoisotopic (exact) mass is 363 g/mol. The molecule has 4 aromatic rings. The van der Waals surface area contributed by atoms with Crippen LogP contribution in [0, 0.1) is 0 Å². The summed E-state index contributed by atoms with van der Waals surface area (Å²) >= 11 is 0. The molecule has 0 spiro atoms. The van der Waals surface area contributed by atoms with Gasteiger partial charge in [0.15, 0.2) is 5.65 Å². The van der Waals surface area contributed by atoms with Gasteiger partial charge in [-0.15, -0.1) is 0 Å². The number of aryl methyl sites for hydroxylation is 2. The van der Waals surface area contributed by atoms with Gasteiger partial charge in [-0.25, -0.2) is 14.6 Å². The van der Waals surface area contributed by atoms with Crippen LogP contribution in [0.15, 0.2) is 42.9 Å². The molecule has 27 heavy (non-hydrogen) atoms. The molecule has 1 aromatic carbocycles. The standard InChI is InChI=1S/C19H21N7O/c1-4-17-23-18(16-11-21-25(2)19(16)24-17)20-9-13-10-22-26(12-13)14-6-5-7-15(8-14)27-3/h5-8,10-12H,4,9H2,1-3H3,(H,20,23,24). The van der Waals surface area contributed by atoms with E-state index >= 15 is 0 Å². The largest absolute Gasteiger partial charge is 0.497 e. The highest BCUT2D eigenvalue weighted by Gasteiger charge is 2.11. The number of hydrogen-bond donors (Lipinski definition) is 1. The summed E-state index contributed by atoms with van der Waals surface area (Å²) < 4.78 is 8.87. The Morgan fingerprint density at radius 3 is 2.85 bits per heavy atom. The molecule has 3 aromatic heterocycles. The summed E-state index contributed by atoms with van der Waals surface area (Å²) in [5, 5.41) is 13.0.